The van der Waals surface area contributed by atoms with E-state index in [9.17, 15) is 4.79 Å². The molecule has 2 aromatic rings. The molecule has 1 aliphatic rings. The van der Waals surface area contributed by atoms with E-state index in [4.69, 9.17) is 14.0 Å². The summed E-state index contributed by atoms with van der Waals surface area (Å²) in [5.74, 6) is 0.129. The predicted octanol–water partition coefficient (Wildman–Crippen LogP) is 2.16. The molecule has 1 amide bonds. The van der Waals surface area contributed by atoms with Gasteiger partial charge in [0, 0.05) is 13.2 Å². The average molecular weight is 302 g/mol. The summed E-state index contributed by atoms with van der Waals surface area (Å²) in [4.78, 5) is 11.9. The van der Waals surface area contributed by atoms with Crippen molar-refractivity contribution in [3.05, 3.63) is 47.7 Å². The van der Waals surface area contributed by atoms with Crippen LogP contribution >= 0.6 is 0 Å². The maximum Gasteiger partial charge on any atom is 0.290 e. The van der Waals surface area contributed by atoms with Gasteiger partial charge in [-0.25, -0.2) is 0 Å². The van der Waals surface area contributed by atoms with Gasteiger partial charge in [-0.1, -0.05) is 30.3 Å². The van der Waals surface area contributed by atoms with Crippen LogP contribution in [0.1, 0.15) is 29.0 Å². The van der Waals surface area contributed by atoms with Gasteiger partial charge in [-0.3, -0.25) is 4.79 Å². The molecular weight excluding hydrogens is 284 g/mol. The van der Waals surface area contributed by atoms with Crippen molar-refractivity contribution in [1.82, 2.24) is 10.5 Å². The van der Waals surface area contributed by atoms with Crippen molar-refractivity contribution < 1.29 is 18.8 Å². The van der Waals surface area contributed by atoms with Crippen molar-refractivity contribution in [2.75, 3.05) is 13.2 Å². The zero-order valence-electron chi connectivity index (χ0n) is 12.2. The highest BCUT2D eigenvalue weighted by molar-refractivity contribution is 5.91. The second kappa shape index (κ2) is 7.09. The lowest BCUT2D eigenvalue weighted by atomic mass is 10.2. The van der Waals surface area contributed by atoms with Crippen LogP contribution in [0.5, 0.6) is 5.88 Å². The third kappa shape index (κ3) is 3.85. The van der Waals surface area contributed by atoms with Crippen LogP contribution < -0.4 is 10.1 Å². The molecule has 1 atom stereocenters. The molecule has 0 aliphatic carbocycles. The smallest absolute Gasteiger partial charge is 0.290 e. The number of amides is 1. The van der Waals surface area contributed by atoms with E-state index in [-0.39, 0.29) is 17.8 Å². The van der Waals surface area contributed by atoms with Gasteiger partial charge in [0.2, 0.25) is 5.76 Å². The van der Waals surface area contributed by atoms with Gasteiger partial charge in [-0.15, -0.1) is 0 Å². The second-order valence-corrected chi connectivity index (χ2v) is 5.15. The number of benzene rings is 1. The number of nitrogens with one attached hydrogen (secondary N) is 1. The van der Waals surface area contributed by atoms with Crippen molar-refractivity contribution in [1.29, 1.82) is 0 Å². The van der Waals surface area contributed by atoms with Gasteiger partial charge < -0.3 is 19.3 Å². The zero-order chi connectivity index (χ0) is 15.2. The molecule has 22 heavy (non-hydrogen) atoms. The van der Waals surface area contributed by atoms with E-state index < -0.39 is 0 Å². The fourth-order valence-corrected chi connectivity index (χ4v) is 2.26. The van der Waals surface area contributed by atoms with Crippen molar-refractivity contribution in [3.63, 3.8) is 0 Å². The maximum atomic E-state index is 11.9. The summed E-state index contributed by atoms with van der Waals surface area (Å²) in [5.41, 5.74) is 1.02. The summed E-state index contributed by atoms with van der Waals surface area (Å²) in [6, 6.07) is 11.2. The standard InChI is InChI=1S/C16H18N2O4/c19-16(17-10-13-7-4-8-20-13)14-9-15(18-22-14)21-11-12-5-2-1-3-6-12/h1-3,5-6,9,13H,4,7-8,10-11H2,(H,17,19). The Kier molecular flexibility index (Phi) is 4.70. The van der Waals surface area contributed by atoms with E-state index >= 15 is 0 Å². The number of aromatic nitrogens is 1. The molecule has 0 spiro atoms. The molecule has 0 saturated carbocycles. The summed E-state index contributed by atoms with van der Waals surface area (Å²) in [7, 11) is 0. The van der Waals surface area contributed by atoms with Gasteiger partial charge >= 0.3 is 0 Å². The lowest BCUT2D eigenvalue weighted by Crippen LogP contribution is -2.31. The summed E-state index contributed by atoms with van der Waals surface area (Å²) >= 11 is 0. The molecular formula is C16H18N2O4. The quantitative estimate of drug-likeness (QED) is 0.885. The third-order valence-corrected chi connectivity index (χ3v) is 3.46. The monoisotopic (exact) mass is 302 g/mol. The van der Waals surface area contributed by atoms with Crippen molar-refractivity contribution in [2.45, 2.75) is 25.6 Å². The fraction of sp³-hybridized carbons (Fsp3) is 0.375. The van der Waals surface area contributed by atoms with Crippen LogP contribution in [0.3, 0.4) is 0 Å². The minimum atomic E-state index is -0.308. The molecule has 1 saturated heterocycles. The van der Waals surface area contributed by atoms with Gasteiger partial charge in [0.15, 0.2) is 0 Å². The highest BCUT2D eigenvalue weighted by Gasteiger charge is 2.19. The number of rotatable bonds is 6. The van der Waals surface area contributed by atoms with Gasteiger partial charge in [-0.05, 0) is 23.6 Å². The Balaban J connectivity index is 1.48. The topological polar surface area (TPSA) is 73.6 Å². The first-order valence-electron chi connectivity index (χ1n) is 7.34. The molecule has 1 aromatic heterocycles. The number of hydrogen-bond acceptors (Lipinski definition) is 5. The van der Waals surface area contributed by atoms with E-state index in [1.54, 1.807) is 0 Å². The first kappa shape index (κ1) is 14.6. The summed E-state index contributed by atoms with van der Waals surface area (Å²) in [6.07, 6.45) is 2.11. The number of hydrogen-bond donors (Lipinski definition) is 1. The van der Waals surface area contributed by atoms with Crippen LogP contribution in [0, 0.1) is 0 Å². The summed E-state index contributed by atoms with van der Waals surface area (Å²) < 4.78 is 15.9. The van der Waals surface area contributed by atoms with E-state index in [0.717, 1.165) is 25.0 Å². The highest BCUT2D eigenvalue weighted by atomic mass is 16.5. The van der Waals surface area contributed by atoms with E-state index in [1.165, 1.54) is 6.07 Å². The summed E-state index contributed by atoms with van der Waals surface area (Å²) in [6.45, 7) is 1.63. The first-order valence-corrected chi connectivity index (χ1v) is 7.34. The summed E-state index contributed by atoms with van der Waals surface area (Å²) in [5, 5.41) is 6.52. The molecule has 0 bridgehead atoms. The minimum absolute atomic E-state index is 0.0978. The van der Waals surface area contributed by atoms with Gasteiger partial charge in [-0.2, -0.15) is 0 Å². The molecule has 0 radical (unpaired) electrons. The normalized spacial score (nSPS) is 17.4. The van der Waals surface area contributed by atoms with Crippen molar-refractivity contribution in [3.8, 4) is 5.88 Å². The van der Waals surface area contributed by atoms with Gasteiger partial charge in [0.25, 0.3) is 11.8 Å². The van der Waals surface area contributed by atoms with E-state index in [1.807, 2.05) is 30.3 Å². The van der Waals surface area contributed by atoms with E-state index in [0.29, 0.717) is 19.0 Å². The van der Waals surface area contributed by atoms with Crippen LogP contribution in [0.4, 0.5) is 0 Å². The Morgan fingerprint density at radius 3 is 3.00 bits per heavy atom. The number of carbonyl (C=O) groups is 1. The van der Waals surface area contributed by atoms with Crippen LogP contribution in [-0.4, -0.2) is 30.3 Å². The molecule has 116 valence electrons. The Hall–Kier alpha value is -2.34. The van der Waals surface area contributed by atoms with Crippen LogP contribution in [-0.2, 0) is 11.3 Å². The molecule has 1 aliphatic heterocycles. The Bertz CT molecular complexity index is 606. The minimum Gasteiger partial charge on any atom is -0.471 e. The Morgan fingerprint density at radius 2 is 2.23 bits per heavy atom. The van der Waals surface area contributed by atoms with Crippen molar-refractivity contribution in [2.24, 2.45) is 0 Å². The molecule has 1 unspecified atom stereocenters. The SMILES string of the molecule is O=C(NCC1CCCO1)c1cc(OCc2ccccc2)no1. The van der Waals surface area contributed by atoms with Crippen LogP contribution in [0.25, 0.3) is 0 Å². The van der Waals surface area contributed by atoms with Gasteiger partial charge in [0.1, 0.15) is 6.61 Å². The molecule has 1 fully saturated rings. The fourth-order valence-electron chi connectivity index (χ4n) is 2.26. The third-order valence-electron chi connectivity index (χ3n) is 3.46. The van der Waals surface area contributed by atoms with Gasteiger partial charge in [0.05, 0.1) is 12.2 Å². The largest absolute Gasteiger partial charge is 0.471 e. The van der Waals surface area contributed by atoms with Crippen LogP contribution in [0.2, 0.25) is 0 Å². The van der Waals surface area contributed by atoms with Crippen molar-refractivity contribution >= 4 is 5.91 Å². The van der Waals surface area contributed by atoms with E-state index in [2.05, 4.69) is 10.5 Å². The molecule has 1 aromatic carbocycles. The number of nitrogens with zero attached hydrogens (tertiary/aromatic N) is 1. The predicted molar refractivity (Wildman–Crippen MR) is 78.6 cm³/mol. The molecule has 1 N–H and O–H groups in total. The number of carbonyl (C=O) groups excluding carboxylic acids is 1. The molecule has 3 rings (SSSR count). The highest BCUT2D eigenvalue weighted by Crippen LogP contribution is 2.14. The first-order chi connectivity index (χ1) is 10.8. The average Bonchev–Trinajstić information content (AvgIpc) is 3.23. The Labute approximate surface area is 128 Å². The lowest BCUT2D eigenvalue weighted by molar-refractivity contribution is 0.0827. The molecule has 2 heterocycles. The molecule has 6 nitrogen and oxygen atoms in total. The van der Waals surface area contributed by atoms with Crippen LogP contribution in [0.15, 0.2) is 40.9 Å². The second-order valence-electron chi connectivity index (χ2n) is 5.15. The Morgan fingerprint density at radius 1 is 1.36 bits per heavy atom. The lowest BCUT2D eigenvalue weighted by Gasteiger charge is -2.08. The number of ether oxygens (including phenoxy) is 2. The molecule has 6 heteroatoms. The maximum absolute atomic E-state index is 11.9. The zero-order valence-corrected chi connectivity index (χ0v) is 12.2.